The van der Waals surface area contributed by atoms with Crippen LogP contribution in [-0.2, 0) is 17.8 Å². The van der Waals surface area contributed by atoms with E-state index in [1.807, 2.05) is 12.1 Å². The van der Waals surface area contributed by atoms with Crippen molar-refractivity contribution < 1.29 is 14.6 Å². The molecule has 1 N–H and O–H groups in total. The van der Waals surface area contributed by atoms with Crippen LogP contribution in [0.4, 0.5) is 0 Å². The summed E-state index contributed by atoms with van der Waals surface area (Å²) in [4.78, 5) is 10.8. The van der Waals surface area contributed by atoms with E-state index in [2.05, 4.69) is 0 Å². The van der Waals surface area contributed by atoms with Crippen molar-refractivity contribution in [3.63, 3.8) is 0 Å². The van der Waals surface area contributed by atoms with Crippen LogP contribution in [0.1, 0.15) is 11.1 Å². The van der Waals surface area contributed by atoms with Crippen LogP contribution in [0.5, 0.6) is 5.75 Å². The van der Waals surface area contributed by atoms with E-state index < -0.39 is 5.97 Å². The van der Waals surface area contributed by atoms with Crippen molar-refractivity contribution in [2.24, 2.45) is 0 Å². The van der Waals surface area contributed by atoms with E-state index >= 15 is 0 Å². The SMILES string of the molecule is O=C(O)Cc1ccccc1COc1cc(Cl)c(Cl)cc1Cl. The molecule has 21 heavy (non-hydrogen) atoms. The van der Waals surface area contributed by atoms with Crippen LogP contribution in [0.3, 0.4) is 0 Å². The molecule has 0 aliphatic carbocycles. The summed E-state index contributed by atoms with van der Waals surface area (Å²) in [5, 5.41) is 9.93. The van der Waals surface area contributed by atoms with Crippen molar-refractivity contribution in [2.45, 2.75) is 13.0 Å². The predicted molar refractivity (Wildman–Crippen MR) is 83.6 cm³/mol. The third-order valence-corrected chi connectivity index (χ3v) is 3.84. The molecule has 0 saturated carbocycles. The van der Waals surface area contributed by atoms with Gasteiger partial charge in [-0.3, -0.25) is 4.79 Å². The summed E-state index contributed by atoms with van der Waals surface area (Å²) in [6.45, 7) is 0.196. The second kappa shape index (κ2) is 7.03. The minimum absolute atomic E-state index is 0.0609. The summed E-state index contributed by atoms with van der Waals surface area (Å²) < 4.78 is 5.61. The summed E-state index contributed by atoms with van der Waals surface area (Å²) >= 11 is 17.8. The Hall–Kier alpha value is -1.42. The van der Waals surface area contributed by atoms with Crippen LogP contribution in [0.2, 0.25) is 15.1 Å². The maximum Gasteiger partial charge on any atom is 0.307 e. The molecule has 0 unspecified atom stereocenters. The summed E-state index contributed by atoms with van der Waals surface area (Å²) in [6.07, 6.45) is -0.0609. The number of hydrogen-bond donors (Lipinski definition) is 1. The first-order valence-corrected chi connectivity index (χ1v) is 7.16. The molecule has 0 amide bonds. The molecule has 3 nitrogen and oxygen atoms in total. The Bertz CT molecular complexity index is 671. The van der Waals surface area contributed by atoms with Gasteiger partial charge in [0, 0.05) is 6.07 Å². The Balaban J connectivity index is 2.17. The zero-order valence-corrected chi connectivity index (χ0v) is 13.0. The van der Waals surface area contributed by atoms with Gasteiger partial charge in [0.2, 0.25) is 0 Å². The average molecular weight is 346 g/mol. The number of hydrogen-bond acceptors (Lipinski definition) is 2. The van der Waals surface area contributed by atoms with Crippen LogP contribution in [0.15, 0.2) is 36.4 Å². The molecular weight excluding hydrogens is 335 g/mol. The lowest BCUT2D eigenvalue weighted by molar-refractivity contribution is -0.136. The summed E-state index contributed by atoms with van der Waals surface area (Å²) in [5.41, 5.74) is 1.48. The highest BCUT2D eigenvalue weighted by Gasteiger charge is 2.10. The monoisotopic (exact) mass is 344 g/mol. The molecule has 2 rings (SSSR count). The third kappa shape index (κ3) is 4.27. The van der Waals surface area contributed by atoms with Gasteiger partial charge in [0.15, 0.2) is 0 Å². The second-order valence-electron chi connectivity index (χ2n) is 4.32. The van der Waals surface area contributed by atoms with E-state index in [4.69, 9.17) is 44.6 Å². The van der Waals surface area contributed by atoms with Crippen LogP contribution in [0.25, 0.3) is 0 Å². The van der Waals surface area contributed by atoms with Crippen molar-refractivity contribution in [3.05, 3.63) is 62.6 Å². The van der Waals surface area contributed by atoms with Gasteiger partial charge in [0.05, 0.1) is 21.5 Å². The van der Waals surface area contributed by atoms with Crippen LogP contribution in [0, 0.1) is 0 Å². The molecule has 0 saturated heterocycles. The van der Waals surface area contributed by atoms with Gasteiger partial charge in [-0.15, -0.1) is 0 Å². The van der Waals surface area contributed by atoms with Gasteiger partial charge in [-0.25, -0.2) is 0 Å². The van der Waals surface area contributed by atoms with E-state index in [1.54, 1.807) is 12.1 Å². The molecule has 0 bridgehead atoms. The number of rotatable bonds is 5. The average Bonchev–Trinajstić information content (AvgIpc) is 2.42. The fourth-order valence-corrected chi connectivity index (χ4v) is 2.40. The highest BCUT2D eigenvalue weighted by Crippen LogP contribution is 2.34. The van der Waals surface area contributed by atoms with Gasteiger partial charge >= 0.3 is 5.97 Å². The smallest absolute Gasteiger partial charge is 0.307 e. The Labute approximate surface area is 137 Å². The van der Waals surface area contributed by atoms with E-state index in [-0.39, 0.29) is 13.0 Å². The summed E-state index contributed by atoms with van der Waals surface area (Å²) in [6, 6.07) is 10.2. The first-order chi connectivity index (χ1) is 9.97. The zero-order valence-electron chi connectivity index (χ0n) is 10.8. The molecule has 0 spiro atoms. The van der Waals surface area contributed by atoms with Crippen molar-refractivity contribution in [3.8, 4) is 5.75 Å². The molecule has 0 radical (unpaired) electrons. The van der Waals surface area contributed by atoms with E-state index in [1.165, 1.54) is 12.1 Å². The number of benzene rings is 2. The summed E-state index contributed by atoms with van der Waals surface area (Å²) in [7, 11) is 0. The molecule has 0 fully saturated rings. The third-order valence-electron chi connectivity index (χ3n) is 2.82. The highest BCUT2D eigenvalue weighted by atomic mass is 35.5. The number of carbonyl (C=O) groups is 1. The van der Waals surface area contributed by atoms with Crippen LogP contribution >= 0.6 is 34.8 Å². The second-order valence-corrected chi connectivity index (χ2v) is 5.55. The predicted octanol–water partition coefficient (Wildman–Crippen LogP) is 4.85. The van der Waals surface area contributed by atoms with Gasteiger partial charge in [-0.05, 0) is 17.2 Å². The highest BCUT2D eigenvalue weighted by molar-refractivity contribution is 6.43. The minimum Gasteiger partial charge on any atom is -0.487 e. The molecule has 6 heteroatoms. The van der Waals surface area contributed by atoms with Crippen molar-refractivity contribution in [1.82, 2.24) is 0 Å². The molecule has 0 aliphatic rings. The lowest BCUT2D eigenvalue weighted by Crippen LogP contribution is -2.06. The summed E-state index contributed by atoms with van der Waals surface area (Å²) in [5.74, 6) is -0.494. The number of carboxylic acid groups (broad SMARTS) is 1. The molecular formula is C15H11Cl3O3. The Morgan fingerprint density at radius 2 is 1.62 bits per heavy atom. The van der Waals surface area contributed by atoms with Gasteiger partial charge in [-0.2, -0.15) is 0 Å². The van der Waals surface area contributed by atoms with Crippen LogP contribution in [-0.4, -0.2) is 11.1 Å². The molecule has 110 valence electrons. The minimum atomic E-state index is -0.894. The number of aliphatic carboxylic acids is 1. The molecule has 0 heterocycles. The van der Waals surface area contributed by atoms with Gasteiger partial charge < -0.3 is 9.84 Å². The van der Waals surface area contributed by atoms with Gasteiger partial charge in [0.1, 0.15) is 12.4 Å². The van der Waals surface area contributed by atoms with Gasteiger partial charge in [-0.1, -0.05) is 59.1 Å². The first kappa shape index (κ1) is 16.0. The number of halogens is 3. The lowest BCUT2D eigenvalue weighted by Gasteiger charge is -2.12. The van der Waals surface area contributed by atoms with E-state index in [0.29, 0.717) is 26.4 Å². The van der Waals surface area contributed by atoms with Gasteiger partial charge in [0.25, 0.3) is 0 Å². The first-order valence-electron chi connectivity index (χ1n) is 6.03. The van der Waals surface area contributed by atoms with Crippen LogP contribution < -0.4 is 4.74 Å². The topological polar surface area (TPSA) is 46.5 Å². The largest absolute Gasteiger partial charge is 0.487 e. The fourth-order valence-electron chi connectivity index (χ4n) is 1.80. The number of ether oxygens (including phenoxy) is 1. The number of carboxylic acids is 1. The molecule has 2 aromatic carbocycles. The van der Waals surface area contributed by atoms with Crippen molar-refractivity contribution in [2.75, 3.05) is 0 Å². The fraction of sp³-hybridized carbons (Fsp3) is 0.133. The molecule has 0 aliphatic heterocycles. The van der Waals surface area contributed by atoms with E-state index in [0.717, 1.165) is 5.56 Å². The Kier molecular flexibility index (Phi) is 5.34. The maximum atomic E-state index is 10.8. The van der Waals surface area contributed by atoms with Crippen molar-refractivity contribution >= 4 is 40.8 Å². The van der Waals surface area contributed by atoms with E-state index in [9.17, 15) is 4.79 Å². The molecule has 2 aromatic rings. The Morgan fingerprint density at radius 1 is 1.00 bits per heavy atom. The maximum absolute atomic E-state index is 10.8. The molecule has 0 atom stereocenters. The molecule has 0 aromatic heterocycles. The quantitative estimate of drug-likeness (QED) is 0.788. The lowest BCUT2D eigenvalue weighted by atomic mass is 10.1. The zero-order chi connectivity index (χ0) is 15.4. The normalized spacial score (nSPS) is 10.4. The van der Waals surface area contributed by atoms with Crippen molar-refractivity contribution in [1.29, 1.82) is 0 Å². The standard InChI is InChI=1S/C15H11Cl3O3/c16-11-6-13(18)14(7-12(11)17)21-8-10-4-2-1-3-9(10)5-15(19)20/h1-4,6-7H,5,8H2,(H,19,20). The Morgan fingerprint density at radius 3 is 2.29 bits per heavy atom.